The number of anilines is 1. The van der Waals surface area contributed by atoms with Gasteiger partial charge in [0.1, 0.15) is 23.9 Å². The quantitative estimate of drug-likeness (QED) is 0.192. The second-order valence-electron chi connectivity index (χ2n) is 18.2. The van der Waals surface area contributed by atoms with Crippen LogP contribution in [0.15, 0.2) is 54.6 Å². The molecule has 2 aromatic carbocycles. The summed E-state index contributed by atoms with van der Waals surface area (Å²) in [5.74, 6) is -5.48. The van der Waals surface area contributed by atoms with Gasteiger partial charge in [-0.3, -0.25) is 24.1 Å². The van der Waals surface area contributed by atoms with Gasteiger partial charge in [0, 0.05) is 88.3 Å². The van der Waals surface area contributed by atoms with Gasteiger partial charge in [0.25, 0.3) is 0 Å². The number of likely N-dealkylation sites (tertiary alicyclic amines) is 1. The fourth-order valence-corrected chi connectivity index (χ4v) is 14.5. The first-order valence-electron chi connectivity index (χ1n) is 20.9. The minimum Gasteiger partial charge on any atom is -0.455 e. The highest BCUT2D eigenvalue weighted by molar-refractivity contribution is 6.23. The Morgan fingerprint density at radius 3 is 2.27 bits per heavy atom. The molecule has 1 unspecified atom stereocenters. The first kappa shape index (κ1) is 40.4. The van der Waals surface area contributed by atoms with Crippen molar-refractivity contribution >= 4 is 35.2 Å². The van der Waals surface area contributed by atoms with Crippen molar-refractivity contribution in [3.05, 3.63) is 65.7 Å². The molecule has 0 radical (unpaired) electrons. The number of fused-ring (bicyclic) bond motifs is 2. The Hall–Kier alpha value is -4.05. The number of carbonyl (C=O) groups is 5. The Kier molecular flexibility index (Phi) is 9.58. The summed E-state index contributed by atoms with van der Waals surface area (Å²) >= 11 is 0. The Morgan fingerprint density at radius 2 is 1.64 bits per heavy atom. The Bertz CT molecular complexity index is 2080. The largest absolute Gasteiger partial charge is 0.455 e. The monoisotopic (exact) mass is 814 g/mol. The van der Waals surface area contributed by atoms with E-state index in [-0.39, 0.29) is 53.7 Å². The van der Waals surface area contributed by atoms with Crippen LogP contribution in [-0.4, -0.2) is 127 Å². The number of ether oxygens (including phenoxy) is 5. The van der Waals surface area contributed by atoms with Crippen LogP contribution in [0.2, 0.25) is 0 Å². The molecule has 7 fully saturated rings. The van der Waals surface area contributed by atoms with Crippen LogP contribution in [-0.2, 0) is 38.1 Å². The summed E-state index contributed by atoms with van der Waals surface area (Å²) in [5, 5.41) is 25.8. The van der Waals surface area contributed by atoms with Crippen LogP contribution in [0.5, 0.6) is 0 Å². The van der Waals surface area contributed by atoms with Crippen molar-refractivity contribution in [1.82, 2.24) is 4.90 Å². The maximum Gasteiger partial charge on any atom is 0.338 e. The number of imide groups is 1. The van der Waals surface area contributed by atoms with Crippen LogP contribution >= 0.6 is 0 Å². The number of nitrogens with zero attached hydrogens (tertiary/aromatic N) is 2. The lowest BCUT2D eigenvalue weighted by Gasteiger charge is -2.69. The lowest BCUT2D eigenvalue weighted by molar-refractivity contribution is -0.316. The number of carbonyl (C=O) groups excluding carboxylic acids is 5. The summed E-state index contributed by atoms with van der Waals surface area (Å²) in [4.78, 5) is 72.6. The molecule has 7 aliphatic rings. The number of aliphatic hydroxyl groups excluding tert-OH is 1. The molecule has 14 heteroatoms. The molecule has 59 heavy (non-hydrogen) atoms. The highest BCUT2D eigenvalue weighted by Crippen LogP contribution is 2.81. The van der Waals surface area contributed by atoms with E-state index in [4.69, 9.17) is 23.7 Å². The molecule has 0 aromatic heterocycles. The van der Waals surface area contributed by atoms with Crippen molar-refractivity contribution in [2.24, 2.45) is 40.4 Å². The van der Waals surface area contributed by atoms with Crippen molar-refractivity contribution in [3.8, 4) is 0 Å². The molecular weight excluding hydrogens is 760 g/mol. The standard InChI is InChI=1S/C45H54N2O12/c1-7-46-22-42(21-29(49)26-15-11-12-16-28(26)47-31(50)19-23(2)40(47)52)18-17-30(55-4)44-27-20-43(54)38(58-41(53)25-13-9-8-10-14-25)32(27)45(59-24(3)48,37(51)39(43)57-6)33(36(44)46)34(56-5)35(42)44/h8-16,23,27,30,32-39,51,54H,7,17-22H2,1-6H3/t23-,27+,30?,32+,33-,34-,35+,36+,37-,38+,39-,42+,43-,44-,45+/m0/s1. The number of methoxy groups -OCH3 is 3. The average molecular weight is 815 g/mol. The van der Waals surface area contributed by atoms with E-state index < -0.39 is 100 Å². The second kappa shape index (κ2) is 14.0. The zero-order chi connectivity index (χ0) is 42.0. The maximum absolute atomic E-state index is 15.1. The van der Waals surface area contributed by atoms with Crippen LogP contribution in [0.25, 0.3) is 0 Å². The fraction of sp³-hybridized carbons (Fsp3) is 0.622. The molecule has 5 saturated carbocycles. The van der Waals surface area contributed by atoms with Gasteiger partial charge in [-0.05, 0) is 61.4 Å². The normalized spacial score (nSPS) is 42.8. The first-order chi connectivity index (χ1) is 28.2. The number of benzene rings is 2. The van der Waals surface area contributed by atoms with Crippen molar-refractivity contribution in [3.63, 3.8) is 0 Å². The molecule has 2 heterocycles. The first-order valence-corrected chi connectivity index (χ1v) is 20.9. The lowest BCUT2D eigenvalue weighted by atomic mass is 9.42. The fourth-order valence-electron chi connectivity index (χ4n) is 14.5. The second-order valence-corrected chi connectivity index (χ2v) is 18.2. The topological polar surface area (TPSA) is 178 Å². The predicted molar refractivity (Wildman–Crippen MR) is 209 cm³/mol. The summed E-state index contributed by atoms with van der Waals surface area (Å²) in [6.45, 7) is 6.02. The van der Waals surface area contributed by atoms with Gasteiger partial charge in [-0.1, -0.05) is 44.2 Å². The number of aliphatic hydroxyl groups is 2. The molecule has 7 bridgehead atoms. The van der Waals surface area contributed by atoms with Gasteiger partial charge in [-0.2, -0.15) is 0 Å². The summed E-state index contributed by atoms with van der Waals surface area (Å²) in [5.41, 5.74) is -4.54. The number of esters is 2. The van der Waals surface area contributed by atoms with Crippen LogP contribution in [0.4, 0.5) is 5.69 Å². The van der Waals surface area contributed by atoms with Crippen molar-refractivity contribution < 1.29 is 57.9 Å². The van der Waals surface area contributed by atoms with E-state index in [0.29, 0.717) is 25.9 Å². The molecular formula is C45H54N2O12. The maximum atomic E-state index is 15.1. The van der Waals surface area contributed by atoms with Gasteiger partial charge in [-0.15, -0.1) is 0 Å². The number of Topliss-reactive ketones (excluding diaryl/α,β-unsaturated/α-hetero) is 1. The SMILES string of the molecule is CCN1C[C@]2(CC(=O)c3ccccc3N3C(=O)C[C@H](C)C3=O)CCC(OC)[C@@]34[C@@H]5C[C@]6(O)[C@H](OC(=O)c7ccccc7)[C@@H]5[C@@](OC(C)=O)([C@@H]([C@H](OC)[C@H]23)[C@@H]14)[C@@H](O)[C@@H]6OC. The van der Waals surface area contributed by atoms with Gasteiger partial charge in [0.2, 0.25) is 11.8 Å². The van der Waals surface area contributed by atoms with Gasteiger partial charge in [-0.25, -0.2) is 9.69 Å². The number of para-hydroxylation sites is 1. The van der Waals surface area contributed by atoms with Gasteiger partial charge in [0.15, 0.2) is 11.4 Å². The summed E-state index contributed by atoms with van der Waals surface area (Å²) in [6.07, 6.45) is -4.10. The smallest absolute Gasteiger partial charge is 0.338 e. The van der Waals surface area contributed by atoms with E-state index in [0.717, 1.165) is 4.90 Å². The van der Waals surface area contributed by atoms with Crippen molar-refractivity contribution in [2.75, 3.05) is 39.3 Å². The molecule has 2 N–H and O–H groups in total. The third-order valence-corrected chi connectivity index (χ3v) is 15.9. The van der Waals surface area contributed by atoms with Gasteiger partial charge < -0.3 is 33.9 Å². The van der Waals surface area contributed by atoms with Gasteiger partial charge >= 0.3 is 11.9 Å². The van der Waals surface area contributed by atoms with Crippen LogP contribution < -0.4 is 4.90 Å². The van der Waals surface area contributed by atoms with Crippen LogP contribution in [0, 0.1) is 40.4 Å². The molecule has 2 aliphatic heterocycles. The molecule has 2 amide bonds. The molecule has 1 spiro atoms. The predicted octanol–water partition coefficient (Wildman–Crippen LogP) is 3.20. The molecule has 5 aliphatic carbocycles. The Morgan fingerprint density at radius 1 is 0.932 bits per heavy atom. The number of hydrogen-bond donors (Lipinski definition) is 2. The summed E-state index contributed by atoms with van der Waals surface area (Å²) in [6, 6.07) is 14.8. The number of ketones is 1. The van der Waals surface area contributed by atoms with E-state index in [9.17, 15) is 29.4 Å². The van der Waals surface area contributed by atoms with Crippen LogP contribution in [0.3, 0.4) is 0 Å². The van der Waals surface area contributed by atoms with E-state index >= 15 is 4.79 Å². The Labute approximate surface area is 343 Å². The molecule has 316 valence electrons. The minimum absolute atomic E-state index is 0.0147. The molecule has 15 atom stereocenters. The number of piperidine rings is 1. The lowest BCUT2D eigenvalue weighted by Crippen LogP contribution is -2.80. The minimum atomic E-state index is -1.91. The number of hydrogen-bond acceptors (Lipinski definition) is 13. The van der Waals surface area contributed by atoms with E-state index in [2.05, 4.69) is 4.90 Å². The van der Waals surface area contributed by atoms with E-state index in [1.165, 1.54) is 14.0 Å². The van der Waals surface area contributed by atoms with Crippen LogP contribution in [0.1, 0.15) is 73.6 Å². The number of amides is 2. The highest BCUT2D eigenvalue weighted by Gasteiger charge is 2.91. The van der Waals surface area contributed by atoms with Gasteiger partial charge in [0.05, 0.1) is 23.5 Å². The highest BCUT2D eigenvalue weighted by atomic mass is 16.6. The third kappa shape index (κ3) is 5.10. The zero-order valence-corrected chi connectivity index (χ0v) is 34.4. The third-order valence-electron chi connectivity index (χ3n) is 15.9. The van der Waals surface area contributed by atoms with E-state index in [1.807, 2.05) is 6.92 Å². The van der Waals surface area contributed by atoms with Crippen molar-refractivity contribution in [1.29, 1.82) is 0 Å². The molecule has 2 aromatic rings. The number of rotatable bonds is 11. The molecule has 2 saturated heterocycles. The Balaban J connectivity index is 1.24. The average Bonchev–Trinajstić information content (AvgIpc) is 3.72. The van der Waals surface area contributed by atoms with Crippen molar-refractivity contribution in [2.45, 2.75) is 101 Å². The molecule has 14 nitrogen and oxygen atoms in total. The summed E-state index contributed by atoms with van der Waals surface area (Å²) in [7, 11) is 4.65. The summed E-state index contributed by atoms with van der Waals surface area (Å²) < 4.78 is 32.2. The molecule has 9 rings (SSSR count). The zero-order valence-electron chi connectivity index (χ0n) is 34.4. The van der Waals surface area contributed by atoms with E-state index in [1.54, 1.807) is 75.7 Å².